The second-order valence-corrected chi connectivity index (χ2v) is 3.47. The minimum atomic E-state index is 0.676. The molecule has 0 atom stereocenters. The van der Waals surface area contributed by atoms with Gasteiger partial charge in [-0.1, -0.05) is 6.92 Å². The highest BCUT2D eigenvalue weighted by Crippen LogP contribution is 2.20. The average Bonchev–Trinajstić information content (AvgIpc) is 2.28. The molecule has 0 heterocycles. The minimum absolute atomic E-state index is 0.676. The summed E-state index contributed by atoms with van der Waals surface area (Å²) >= 11 is 0. The van der Waals surface area contributed by atoms with E-state index >= 15 is 0 Å². The van der Waals surface area contributed by atoms with Gasteiger partial charge >= 0.3 is 0 Å². The van der Waals surface area contributed by atoms with Crippen LogP contribution in [0.3, 0.4) is 0 Å². The van der Waals surface area contributed by atoms with Crippen LogP contribution in [-0.2, 0) is 6.54 Å². The molecule has 0 N–H and O–H groups in total. The van der Waals surface area contributed by atoms with E-state index in [2.05, 4.69) is 17.9 Å². The maximum atomic E-state index is 8.81. The molecule has 0 amide bonds. The number of nitrogens with zero attached hydrogens (tertiary/aromatic N) is 2. The predicted octanol–water partition coefficient (Wildman–Crippen LogP) is 2.02. The van der Waals surface area contributed by atoms with Crippen LogP contribution in [0.25, 0.3) is 0 Å². The molecule has 80 valence electrons. The minimum Gasteiger partial charge on any atom is -0.496 e. The topological polar surface area (TPSA) is 36.3 Å². The highest BCUT2D eigenvalue weighted by molar-refractivity contribution is 5.41. The van der Waals surface area contributed by atoms with Crippen molar-refractivity contribution in [3.63, 3.8) is 0 Å². The zero-order valence-corrected chi connectivity index (χ0v) is 9.45. The zero-order valence-electron chi connectivity index (χ0n) is 9.45. The number of nitriles is 1. The van der Waals surface area contributed by atoms with Crippen molar-refractivity contribution < 1.29 is 4.74 Å². The zero-order chi connectivity index (χ0) is 11.3. The Morgan fingerprint density at radius 3 is 2.73 bits per heavy atom. The normalized spacial score (nSPS) is 10.1. The van der Waals surface area contributed by atoms with Crippen molar-refractivity contribution in [2.24, 2.45) is 0 Å². The van der Waals surface area contributed by atoms with Crippen LogP contribution in [0, 0.1) is 11.3 Å². The molecule has 0 aliphatic carbocycles. The second-order valence-electron chi connectivity index (χ2n) is 3.47. The number of rotatable bonds is 4. The molecular weight excluding hydrogens is 188 g/mol. The van der Waals surface area contributed by atoms with E-state index in [9.17, 15) is 0 Å². The maximum Gasteiger partial charge on any atom is 0.123 e. The summed E-state index contributed by atoms with van der Waals surface area (Å²) in [6.45, 7) is 3.87. The average molecular weight is 204 g/mol. The van der Waals surface area contributed by atoms with E-state index in [1.807, 2.05) is 19.2 Å². The third kappa shape index (κ3) is 2.97. The Labute approximate surface area is 90.9 Å². The largest absolute Gasteiger partial charge is 0.496 e. The molecule has 3 heteroatoms. The van der Waals surface area contributed by atoms with Crippen molar-refractivity contribution in [3.05, 3.63) is 29.3 Å². The van der Waals surface area contributed by atoms with Gasteiger partial charge in [-0.2, -0.15) is 5.26 Å². The van der Waals surface area contributed by atoms with E-state index in [1.165, 1.54) is 0 Å². The predicted molar refractivity (Wildman–Crippen MR) is 59.7 cm³/mol. The van der Waals surface area contributed by atoms with Gasteiger partial charge in [0.1, 0.15) is 5.75 Å². The Morgan fingerprint density at radius 1 is 1.47 bits per heavy atom. The van der Waals surface area contributed by atoms with Crippen molar-refractivity contribution in [1.29, 1.82) is 5.26 Å². The maximum absolute atomic E-state index is 8.81. The van der Waals surface area contributed by atoms with Gasteiger partial charge in [0.25, 0.3) is 0 Å². The molecular formula is C12H16N2O. The molecule has 0 saturated carbocycles. The lowest BCUT2D eigenvalue weighted by molar-refractivity contribution is 0.333. The smallest absolute Gasteiger partial charge is 0.123 e. The summed E-state index contributed by atoms with van der Waals surface area (Å²) in [5, 5.41) is 8.81. The number of hydrogen-bond acceptors (Lipinski definition) is 3. The molecule has 3 nitrogen and oxygen atoms in total. The molecule has 0 saturated heterocycles. The summed E-state index contributed by atoms with van der Waals surface area (Å²) in [7, 11) is 3.69. The summed E-state index contributed by atoms with van der Waals surface area (Å²) in [4.78, 5) is 2.17. The molecule has 1 aromatic rings. The van der Waals surface area contributed by atoms with Gasteiger partial charge in [0.05, 0.1) is 18.7 Å². The van der Waals surface area contributed by atoms with Gasteiger partial charge in [-0.25, -0.2) is 0 Å². The van der Waals surface area contributed by atoms with E-state index in [0.717, 1.165) is 24.4 Å². The highest BCUT2D eigenvalue weighted by atomic mass is 16.5. The summed E-state index contributed by atoms with van der Waals surface area (Å²) < 4.78 is 5.25. The van der Waals surface area contributed by atoms with Gasteiger partial charge in [0.15, 0.2) is 0 Å². The Balaban J connectivity index is 2.97. The van der Waals surface area contributed by atoms with Crippen molar-refractivity contribution in [1.82, 2.24) is 4.90 Å². The number of hydrogen-bond donors (Lipinski definition) is 0. The molecule has 0 aromatic heterocycles. The first-order valence-electron chi connectivity index (χ1n) is 4.96. The summed E-state index contributed by atoms with van der Waals surface area (Å²) in [6, 6.07) is 7.63. The van der Waals surface area contributed by atoms with E-state index in [1.54, 1.807) is 13.2 Å². The molecule has 0 aliphatic heterocycles. The van der Waals surface area contributed by atoms with Gasteiger partial charge in [-0.15, -0.1) is 0 Å². The van der Waals surface area contributed by atoms with Crippen LogP contribution in [0.5, 0.6) is 5.75 Å². The standard InChI is InChI=1S/C12H16N2O/c1-4-14(2)9-11-7-10(8-13)5-6-12(11)15-3/h5-7H,4,9H2,1-3H3. The third-order valence-corrected chi connectivity index (χ3v) is 2.39. The molecule has 0 aliphatic rings. The fraction of sp³-hybridized carbons (Fsp3) is 0.417. The number of methoxy groups -OCH3 is 1. The lowest BCUT2D eigenvalue weighted by atomic mass is 10.1. The molecule has 0 fully saturated rings. The van der Waals surface area contributed by atoms with Crippen LogP contribution in [-0.4, -0.2) is 25.6 Å². The Hall–Kier alpha value is -1.53. The first-order valence-corrected chi connectivity index (χ1v) is 4.96. The molecule has 15 heavy (non-hydrogen) atoms. The fourth-order valence-corrected chi connectivity index (χ4v) is 1.37. The fourth-order valence-electron chi connectivity index (χ4n) is 1.37. The number of ether oxygens (including phenoxy) is 1. The van der Waals surface area contributed by atoms with Gasteiger partial charge in [-0.05, 0) is 31.8 Å². The van der Waals surface area contributed by atoms with Crippen LogP contribution in [0.1, 0.15) is 18.1 Å². The summed E-state index contributed by atoms with van der Waals surface area (Å²) in [5.74, 6) is 0.842. The van der Waals surface area contributed by atoms with Crippen molar-refractivity contribution in [2.75, 3.05) is 20.7 Å². The Bertz CT molecular complexity index is 368. The van der Waals surface area contributed by atoms with E-state index in [0.29, 0.717) is 5.56 Å². The molecule has 0 bridgehead atoms. The Morgan fingerprint density at radius 2 is 2.20 bits per heavy atom. The van der Waals surface area contributed by atoms with Crippen molar-refractivity contribution in [3.8, 4) is 11.8 Å². The first kappa shape index (κ1) is 11.5. The van der Waals surface area contributed by atoms with E-state index < -0.39 is 0 Å². The third-order valence-electron chi connectivity index (χ3n) is 2.39. The van der Waals surface area contributed by atoms with Gasteiger partial charge < -0.3 is 9.64 Å². The lowest BCUT2D eigenvalue weighted by Gasteiger charge is -2.16. The van der Waals surface area contributed by atoms with Gasteiger partial charge in [-0.3, -0.25) is 0 Å². The van der Waals surface area contributed by atoms with Crippen LogP contribution in [0.15, 0.2) is 18.2 Å². The van der Waals surface area contributed by atoms with Crippen LogP contribution >= 0.6 is 0 Å². The van der Waals surface area contributed by atoms with Crippen molar-refractivity contribution in [2.45, 2.75) is 13.5 Å². The summed E-state index contributed by atoms with van der Waals surface area (Å²) in [5.41, 5.74) is 1.73. The van der Waals surface area contributed by atoms with E-state index in [4.69, 9.17) is 10.00 Å². The molecule has 0 spiro atoms. The Kier molecular flexibility index (Phi) is 4.14. The SMILES string of the molecule is CCN(C)Cc1cc(C#N)ccc1OC. The lowest BCUT2D eigenvalue weighted by Crippen LogP contribution is -2.17. The molecule has 0 radical (unpaired) electrons. The van der Waals surface area contributed by atoms with Crippen LogP contribution in [0.2, 0.25) is 0 Å². The highest BCUT2D eigenvalue weighted by Gasteiger charge is 2.06. The monoisotopic (exact) mass is 204 g/mol. The van der Waals surface area contributed by atoms with E-state index in [-0.39, 0.29) is 0 Å². The van der Waals surface area contributed by atoms with Crippen LogP contribution < -0.4 is 4.74 Å². The van der Waals surface area contributed by atoms with Gasteiger partial charge in [0, 0.05) is 12.1 Å². The van der Waals surface area contributed by atoms with Gasteiger partial charge in [0.2, 0.25) is 0 Å². The molecule has 1 rings (SSSR count). The quantitative estimate of drug-likeness (QED) is 0.752. The molecule has 1 aromatic carbocycles. The summed E-state index contributed by atoms with van der Waals surface area (Å²) in [6.07, 6.45) is 0. The second kappa shape index (κ2) is 5.38. The molecule has 0 unspecified atom stereocenters. The number of benzene rings is 1. The van der Waals surface area contributed by atoms with Crippen LogP contribution in [0.4, 0.5) is 0 Å². The first-order chi connectivity index (χ1) is 7.21. The van der Waals surface area contributed by atoms with Crippen molar-refractivity contribution >= 4 is 0 Å².